The van der Waals surface area contributed by atoms with Gasteiger partial charge in [-0.3, -0.25) is 9.36 Å². The first-order valence-corrected chi connectivity index (χ1v) is 12.0. The first-order chi connectivity index (χ1) is 15.0. The van der Waals surface area contributed by atoms with Gasteiger partial charge in [-0.15, -0.1) is 11.8 Å². The second-order valence-corrected chi connectivity index (χ2v) is 8.87. The highest BCUT2D eigenvalue weighted by molar-refractivity contribution is 7.98. The lowest BCUT2D eigenvalue weighted by Gasteiger charge is -2.24. The van der Waals surface area contributed by atoms with Crippen LogP contribution in [0.3, 0.4) is 0 Å². The normalized spacial score (nSPS) is 16.1. The van der Waals surface area contributed by atoms with Gasteiger partial charge >= 0.3 is 5.97 Å². The molecule has 0 unspecified atom stereocenters. The van der Waals surface area contributed by atoms with Gasteiger partial charge < -0.3 is 4.74 Å². The van der Waals surface area contributed by atoms with E-state index in [-0.39, 0.29) is 12.2 Å². The van der Waals surface area contributed by atoms with E-state index >= 15 is 0 Å². The van der Waals surface area contributed by atoms with Gasteiger partial charge in [-0.2, -0.15) is 0 Å². The minimum atomic E-state index is -0.572. The zero-order chi connectivity index (χ0) is 22.0. The number of aromatic nitrogens is 1. The SMILES string of the molecule is CCOC(=O)C1=C(C)N=c2s/c(=C\c3ccc(SC)cc3)c(=O)n2[C@@H]1c1ccccc1. The van der Waals surface area contributed by atoms with E-state index in [0.717, 1.165) is 16.0 Å². The Labute approximate surface area is 188 Å². The summed E-state index contributed by atoms with van der Waals surface area (Å²) in [6.07, 6.45) is 3.90. The lowest BCUT2D eigenvalue weighted by Crippen LogP contribution is -2.39. The quantitative estimate of drug-likeness (QED) is 0.441. The first kappa shape index (κ1) is 21.3. The van der Waals surface area contributed by atoms with Crippen LogP contribution < -0.4 is 14.9 Å². The van der Waals surface area contributed by atoms with Crippen LogP contribution in [0.4, 0.5) is 0 Å². The Bertz CT molecular complexity index is 1320. The lowest BCUT2D eigenvalue weighted by atomic mass is 9.96. The number of ether oxygens (including phenoxy) is 1. The van der Waals surface area contributed by atoms with Crippen molar-refractivity contribution in [1.29, 1.82) is 0 Å². The number of hydrogen-bond acceptors (Lipinski definition) is 6. The van der Waals surface area contributed by atoms with Crippen LogP contribution in [0.1, 0.15) is 31.0 Å². The van der Waals surface area contributed by atoms with Gasteiger partial charge in [-0.05, 0) is 49.4 Å². The summed E-state index contributed by atoms with van der Waals surface area (Å²) in [7, 11) is 0. The molecule has 2 aromatic carbocycles. The molecule has 0 radical (unpaired) electrons. The van der Waals surface area contributed by atoms with Gasteiger partial charge in [0.05, 0.1) is 28.5 Å². The third-order valence-corrected chi connectivity index (χ3v) is 6.77. The summed E-state index contributed by atoms with van der Waals surface area (Å²) in [4.78, 5) is 32.6. The third kappa shape index (κ3) is 4.16. The summed E-state index contributed by atoms with van der Waals surface area (Å²) in [6.45, 7) is 3.82. The number of thioether (sulfide) groups is 1. The molecule has 1 aliphatic rings. The zero-order valence-corrected chi connectivity index (χ0v) is 19.1. The van der Waals surface area contributed by atoms with Gasteiger partial charge in [0, 0.05) is 4.90 Å². The van der Waals surface area contributed by atoms with E-state index in [1.54, 1.807) is 30.2 Å². The number of nitrogens with zero attached hydrogens (tertiary/aromatic N) is 2. The van der Waals surface area contributed by atoms with E-state index in [4.69, 9.17) is 4.74 Å². The van der Waals surface area contributed by atoms with Crippen LogP contribution in [0.2, 0.25) is 0 Å². The van der Waals surface area contributed by atoms with Gasteiger partial charge in [0.15, 0.2) is 4.80 Å². The molecule has 5 nitrogen and oxygen atoms in total. The maximum absolute atomic E-state index is 13.5. The van der Waals surface area contributed by atoms with Crippen molar-refractivity contribution in [3.8, 4) is 0 Å². The molecule has 1 aromatic heterocycles. The molecule has 1 aliphatic heterocycles. The Kier molecular flexibility index (Phi) is 6.25. The second kappa shape index (κ2) is 9.08. The van der Waals surface area contributed by atoms with Crippen LogP contribution in [0.5, 0.6) is 0 Å². The van der Waals surface area contributed by atoms with Crippen molar-refractivity contribution in [3.05, 3.63) is 96.7 Å². The van der Waals surface area contributed by atoms with E-state index in [0.29, 0.717) is 20.6 Å². The molecule has 0 bridgehead atoms. The highest BCUT2D eigenvalue weighted by Gasteiger charge is 2.33. The Morgan fingerprint density at radius 3 is 2.55 bits per heavy atom. The highest BCUT2D eigenvalue weighted by Crippen LogP contribution is 2.30. The monoisotopic (exact) mass is 450 g/mol. The average Bonchev–Trinajstić information content (AvgIpc) is 3.08. The number of rotatable bonds is 5. The first-order valence-electron chi connectivity index (χ1n) is 9.92. The van der Waals surface area contributed by atoms with Crippen molar-refractivity contribution in [3.63, 3.8) is 0 Å². The van der Waals surface area contributed by atoms with E-state index in [1.807, 2.05) is 66.9 Å². The summed E-state index contributed by atoms with van der Waals surface area (Å²) >= 11 is 3.01. The summed E-state index contributed by atoms with van der Waals surface area (Å²) in [5, 5.41) is 0. The number of thiazole rings is 1. The molecule has 0 aliphatic carbocycles. The summed E-state index contributed by atoms with van der Waals surface area (Å²) < 4.78 is 7.49. The van der Waals surface area contributed by atoms with E-state index < -0.39 is 12.0 Å². The summed E-state index contributed by atoms with van der Waals surface area (Å²) in [6, 6.07) is 17.0. The van der Waals surface area contributed by atoms with Gasteiger partial charge in [-0.25, -0.2) is 9.79 Å². The molecule has 7 heteroatoms. The number of esters is 1. The minimum absolute atomic E-state index is 0.166. The maximum Gasteiger partial charge on any atom is 0.338 e. The van der Waals surface area contributed by atoms with Crippen LogP contribution in [0.25, 0.3) is 6.08 Å². The Morgan fingerprint density at radius 1 is 1.19 bits per heavy atom. The molecule has 3 aromatic rings. The average molecular weight is 451 g/mol. The molecule has 0 saturated heterocycles. The number of carbonyl (C=O) groups is 1. The molecular weight excluding hydrogens is 428 g/mol. The van der Waals surface area contributed by atoms with E-state index in [1.165, 1.54) is 11.3 Å². The Morgan fingerprint density at radius 2 is 1.90 bits per heavy atom. The molecule has 4 rings (SSSR count). The third-order valence-electron chi connectivity index (χ3n) is 5.05. The van der Waals surface area contributed by atoms with Crippen molar-refractivity contribution >= 4 is 35.1 Å². The van der Waals surface area contributed by atoms with Gasteiger partial charge in [0.2, 0.25) is 0 Å². The highest BCUT2D eigenvalue weighted by atomic mass is 32.2. The number of benzene rings is 2. The molecule has 158 valence electrons. The van der Waals surface area contributed by atoms with Crippen LogP contribution in [-0.4, -0.2) is 23.4 Å². The summed E-state index contributed by atoms with van der Waals surface area (Å²) in [5.74, 6) is -0.445. The lowest BCUT2D eigenvalue weighted by molar-refractivity contribution is -0.139. The predicted octanol–water partition coefficient (Wildman–Crippen LogP) is 3.52. The fourth-order valence-electron chi connectivity index (χ4n) is 3.59. The fraction of sp³-hybridized carbons (Fsp3) is 0.208. The van der Waals surface area contributed by atoms with Crippen LogP contribution >= 0.6 is 23.1 Å². The molecule has 31 heavy (non-hydrogen) atoms. The van der Waals surface area contributed by atoms with E-state index in [2.05, 4.69) is 4.99 Å². The molecule has 0 N–H and O–H groups in total. The van der Waals surface area contributed by atoms with Crippen LogP contribution in [0.15, 0.2) is 80.5 Å². The number of fused-ring (bicyclic) bond motifs is 1. The van der Waals surface area contributed by atoms with Gasteiger partial charge in [0.25, 0.3) is 5.56 Å². The van der Waals surface area contributed by atoms with Crippen LogP contribution in [-0.2, 0) is 9.53 Å². The maximum atomic E-state index is 13.5. The van der Waals surface area contributed by atoms with Gasteiger partial charge in [-0.1, -0.05) is 53.8 Å². The number of allylic oxidation sites excluding steroid dienone is 1. The Hall–Kier alpha value is -2.90. The number of carbonyl (C=O) groups excluding carboxylic acids is 1. The van der Waals surface area contributed by atoms with Gasteiger partial charge in [0.1, 0.15) is 0 Å². The van der Waals surface area contributed by atoms with Crippen molar-refractivity contribution < 1.29 is 9.53 Å². The fourth-order valence-corrected chi connectivity index (χ4v) is 5.05. The molecule has 0 saturated carbocycles. The molecule has 0 fully saturated rings. The second-order valence-electron chi connectivity index (χ2n) is 6.99. The molecular formula is C24H22N2O3S2. The standard InChI is InChI=1S/C24H22N2O3S2/c1-4-29-23(28)20-15(2)25-24-26(21(20)17-8-6-5-7-9-17)22(27)19(31-24)14-16-10-12-18(30-3)13-11-16/h5-14,21H,4H2,1-3H3/b19-14-/t21-/m1/s1. The molecule has 1 atom stereocenters. The smallest absolute Gasteiger partial charge is 0.338 e. The topological polar surface area (TPSA) is 60.7 Å². The summed E-state index contributed by atoms with van der Waals surface area (Å²) in [5.41, 5.74) is 2.60. The van der Waals surface area contributed by atoms with Crippen molar-refractivity contribution in [2.45, 2.75) is 24.8 Å². The zero-order valence-electron chi connectivity index (χ0n) is 17.5. The van der Waals surface area contributed by atoms with Crippen molar-refractivity contribution in [1.82, 2.24) is 4.57 Å². The molecule has 2 heterocycles. The van der Waals surface area contributed by atoms with Crippen molar-refractivity contribution in [2.75, 3.05) is 12.9 Å². The molecule has 0 amide bonds. The predicted molar refractivity (Wildman–Crippen MR) is 125 cm³/mol. The largest absolute Gasteiger partial charge is 0.463 e. The minimum Gasteiger partial charge on any atom is -0.463 e. The van der Waals surface area contributed by atoms with Crippen molar-refractivity contribution in [2.24, 2.45) is 4.99 Å². The molecule has 0 spiro atoms. The number of hydrogen-bond donors (Lipinski definition) is 0. The van der Waals surface area contributed by atoms with Crippen LogP contribution in [0, 0.1) is 0 Å². The van der Waals surface area contributed by atoms with E-state index in [9.17, 15) is 9.59 Å². The Balaban J connectivity index is 1.91.